The maximum absolute atomic E-state index is 13.0. The lowest BCUT2D eigenvalue weighted by atomic mass is 9.98. The number of amides is 1. The Kier molecular flexibility index (Phi) is 4.08. The van der Waals surface area contributed by atoms with E-state index in [1.54, 1.807) is 11.3 Å². The van der Waals surface area contributed by atoms with Crippen molar-refractivity contribution in [2.24, 2.45) is 0 Å². The smallest absolute Gasteiger partial charge is 0.244 e. The monoisotopic (exact) mass is 307 g/mol. The van der Waals surface area contributed by atoms with Gasteiger partial charge >= 0.3 is 0 Å². The molecule has 5 heteroatoms. The first-order valence-corrected chi connectivity index (χ1v) is 8.70. The number of rotatable bonds is 4. The van der Waals surface area contributed by atoms with Crippen molar-refractivity contribution in [2.75, 3.05) is 20.6 Å². The zero-order valence-corrected chi connectivity index (χ0v) is 13.9. The van der Waals surface area contributed by atoms with E-state index < -0.39 is 0 Å². The molecule has 1 amide bonds. The van der Waals surface area contributed by atoms with Crippen LogP contribution < -0.4 is 5.32 Å². The number of carbonyl (C=O) groups excluding carboxylic acids is 1. The van der Waals surface area contributed by atoms with Crippen LogP contribution in [0.25, 0.3) is 0 Å². The molecule has 1 aliphatic carbocycles. The van der Waals surface area contributed by atoms with E-state index in [4.69, 9.17) is 0 Å². The minimum atomic E-state index is -0.291. The van der Waals surface area contributed by atoms with Crippen LogP contribution >= 0.6 is 11.3 Å². The molecule has 1 saturated carbocycles. The van der Waals surface area contributed by atoms with Crippen LogP contribution in [0.3, 0.4) is 0 Å². The zero-order valence-electron chi connectivity index (χ0n) is 13.1. The second-order valence-corrected chi connectivity index (χ2v) is 7.60. The van der Waals surface area contributed by atoms with Gasteiger partial charge in [0, 0.05) is 17.5 Å². The van der Waals surface area contributed by atoms with E-state index in [0.717, 1.165) is 32.2 Å². The second kappa shape index (κ2) is 5.71. The Morgan fingerprint density at radius 1 is 1.48 bits per heavy atom. The van der Waals surface area contributed by atoms with Gasteiger partial charge in [-0.2, -0.15) is 0 Å². The minimum Gasteiger partial charge on any atom is -0.319 e. The van der Waals surface area contributed by atoms with Crippen molar-refractivity contribution in [2.45, 2.75) is 50.4 Å². The molecular formula is C16H25N3OS. The molecule has 1 aromatic rings. The Hall–Kier alpha value is -0.910. The van der Waals surface area contributed by atoms with Gasteiger partial charge in [0.25, 0.3) is 0 Å². The van der Waals surface area contributed by atoms with E-state index >= 15 is 0 Å². The molecule has 21 heavy (non-hydrogen) atoms. The Bertz CT molecular complexity index is 494. The highest BCUT2D eigenvalue weighted by Crippen LogP contribution is 2.41. The molecule has 0 radical (unpaired) electrons. The van der Waals surface area contributed by atoms with E-state index in [1.807, 2.05) is 0 Å². The molecule has 2 fully saturated rings. The zero-order chi connectivity index (χ0) is 15.0. The van der Waals surface area contributed by atoms with Gasteiger partial charge in [-0.1, -0.05) is 18.9 Å². The summed E-state index contributed by atoms with van der Waals surface area (Å²) >= 11 is 1.73. The molecule has 2 atom stereocenters. The Balaban J connectivity index is 1.87. The normalized spacial score (nSPS) is 26.2. The quantitative estimate of drug-likeness (QED) is 0.928. The van der Waals surface area contributed by atoms with Crippen molar-refractivity contribution in [3.8, 4) is 0 Å². The van der Waals surface area contributed by atoms with Gasteiger partial charge < -0.3 is 9.80 Å². The van der Waals surface area contributed by atoms with E-state index in [2.05, 4.69) is 53.6 Å². The van der Waals surface area contributed by atoms with E-state index in [0.29, 0.717) is 11.9 Å². The van der Waals surface area contributed by atoms with Crippen LogP contribution in [0.2, 0.25) is 0 Å². The molecule has 0 aromatic carbocycles. The molecule has 1 saturated heterocycles. The molecule has 2 heterocycles. The Morgan fingerprint density at radius 2 is 2.19 bits per heavy atom. The lowest BCUT2D eigenvalue weighted by Crippen LogP contribution is -2.45. The third-order valence-corrected chi connectivity index (χ3v) is 5.93. The molecule has 116 valence electrons. The SMILES string of the molecule is CC(CN1C(=O)C2(CCCC2)NC1c1cccs1)N(C)C. The Labute approximate surface area is 131 Å². The summed E-state index contributed by atoms with van der Waals surface area (Å²) in [7, 11) is 4.15. The average molecular weight is 307 g/mol. The molecular weight excluding hydrogens is 282 g/mol. The predicted octanol–water partition coefficient (Wildman–Crippen LogP) is 2.44. The van der Waals surface area contributed by atoms with E-state index in [9.17, 15) is 4.79 Å². The standard InChI is InChI=1S/C16H25N3OS/c1-12(18(2)3)11-19-14(13-7-6-10-21-13)17-16(15(19)20)8-4-5-9-16/h6-7,10,12,14,17H,4-5,8-9,11H2,1-3H3. The molecule has 0 bridgehead atoms. The molecule has 1 aliphatic heterocycles. The van der Waals surface area contributed by atoms with Crippen molar-refractivity contribution >= 4 is 17.2 Å². The van der Waals surface area contributed by atoms with Gasteiger partial charge in [0.1, 0.15) is 6.17 Å². The first kappa shape index (κ1) is 15.0. The number of thiophene rings is 1. The summed E-state index contributed by atoms with van der Waals surface area (Å²) in [5.41, 5.74) is -0.291. The largest absolute Gasteiger partial charge is 0.319 e. The molecule has 3 rings (SSSR count). The van der Waals surface area contributed by atoms with Gasteiger partial charge in [-0.05, 0) is 45.3 Å². The summed E-state index contributed by atoms with van der Waals surface area (Å²) in [4.78, 5) is 18.5. The molecule has 2 unspecified atom stereocenters. The minimum absolute atomic E-state index is 0.0537. The molecule has 1 N–H and O–H groups in total. The van der Waals surface area contributed by atoms with Crippen molar-refractivity contribution in [3.63, 3.8) is 0 Å². The van der Waals surface area contributed by atoms with Crippen LogP contribution in [0.1, 0.15) is 43.6 Å². The van der Waals surface area contributed by atoms with Crippen LogP contribution in [0.15, 0.2) is 17.5 Å². The summed E-state index contributed by atoms with van der Waals surface area (Å²) in [6, 6.07) is 4.56. The van der Waals surface area contributed by atoms with Gasteiger partial charge in [0.15, 0.2) is 0 Å². The van der Waals surface area contributed by atoms with Crippen LogP contribution in [-0.4, -0.2) is 47.9 Å². The number of carbonyl (C=O) groups is 1. The first-order valence-electron chi connectivity index (χ1n) is 7.82. The summed E-state index contributed by atoms with van der Waals surface area (Å²) in [5.74, 6) is 0.312. The highest BCUT2D eigenvalue weighted by atomic mass is 32.1. The fraction of sp³-hybridized carbons (Fsp3) is 0.688. The lowest BCUT2D eigenvalue weighted by molar-refractivity contribution is -0.133. The maximum atomic E-state index is 13.0. The van der Waals surface area contributed by atoms with Crippen molar-refractivity contribution in [1.82, 2.24) is 15.1 Å². The van der Waals surface area contributed by atoms with Gasteiger partial charge in [-0.3, -0.25) is 10.1 Å². The summed E-state index contributed by atoms with van der Waals surface area (Å²) in [6.45, 7) is 2.96. The fourth-order valence-electron chi connectivity index (χ4n) is 3.44. The summed E-state index contributed by atoms with van der Waals surface area (Å²) in [5, 5.41) is 5.77. The van der Waals surface area contributed by atoms with Crippen molar-refractivity contribution in [3.05, 3.63) is 22.4 Å². The van der Waals surface area contributed by atoms with Gasteiger partial charge in [0.2, 0.25) is 5.91 Å². The number of hydrogen-bond acceptors (Lipinski definition) is 4. The van der Waals surface area contributed by atoms with Gasteiger partial charge in [-0.15, -0.1) is 11.3 Å². The summed E-state index contributed by atoms with van der Waals surface area (Å²) < 4.78 is 0. The number of hydrogen-bond donors (Lipinski definition) is 1. The van der Waals surface area contributed by atoms with Gasteiger partial charge in [-0.25, -0.2) is 0 Å². The molecule has 1 spiro atoms. The Morgan fingerprint density at radius 3 is 2.76 bits per heavy atom. The fourth-order valence-corrected chi connectivity index (χ4v) is 4.22. The topological polar surface area (TPSA) is 35.6 Å². The highest BCUT2D eigenvalue weighted by molar-refractivity contribution is 7.10. The van der Waals surface area contributed by atoms with E-state index in [1.165, 1.54) is 4.88 Å². The van der Waals surface area contributed by atoms with Crippen LogP contribution in [0, 0.1) is 0 Å². The van der Waals surface area contributed by atoms with Crippen LogP contribution in [0.5, 0.6) is 0 Å². The number of nitrogens with one attached hydrogen (secondary N) is 1. The number of nitrogens with zero attached hydrogens (tertiary/aromatic N) is 2. The van der Waals surface area contributed by atoms with Crippen molar-refractivity contribution < 1.29 is 4.79 Å². The third-order valence-electron chi connectivity index (χ3n) is 5.01. The average Bonchev–Trinajstić information content (AvgIpc) is 3.16. The molecule has 4 nitrogen and oxygen atoms in total. The second-order valence-electron chi connectivity index (χ2n) is 6.62. The maximum Gasteiger partial charge on any atom is 0.244 e. The van der Waals surface area contributed by atoms with Crippen LogP contribution in [0.4, 0.5) is 0 Å². The van der Waals surface area contributed by atoms with Crippen molar-refractivity contribution in [1.29, 1.82) is 0 Å². The first-order chi connectivity index (χ1) is 10.0. The highest BCUT2D eigenvalue weighted by Gasteiger charge is 2.53. The van der Waals surface area contributed by atoms with E-state index in [-0.39, 0.29) is 11.7 Å². The number of likely N-dealkylation sites (N-methyl/N-ethyl adjacent to an activating group) is 1. The van der Waals surface area contributed by atoms with Gasteiger partial charge in [0.05, 0.1) is 5.54 Å². The van der Waals surface area contributed by atoms with Crippen LogP contribution in [-0.2, 0) is 4.79 Å². The summed E-state index contributed by atoms with van der Waals surface area (Å²) in [6.07, 6.45) is 4.35. The predicted molar refractivity (Wildman–Crippen MR) is 86.3 cm³/mol. The molecule has 2 aliphatic rings. The third kappa shape index (κ3) is 2.62. The lowest BCUT2D eigenvalue weighted by Gasteiger charge is -2.29. The molecule has 1 aromatic heterocycles.